The molecule has 1 saturated carbocycles. The van der Waals surface area contributed by atoms with Crippen LogP contribution in [0.5, 0.6) is 0 Å². The van der Waals surface area contributed by atoms with Gasteiger partial charge in [-0.05, 0) is 49.8 Å². The van der Waals surface area contributed by atoms with Crippen molar-refractivity contribution in [3.05, 3.63) is 35.9 Å². The second-order valence-corrected chi connectivity index (χ2v) is 6.84. The lowest BCUT2D eigenvalue weighted by atomic mass is 9.60. The molecule has 1 amide bonds. The zero-order valence-corrected chi connectivity index (χ0v) is 13.5. The van der Waals surface area contributed by atoms with Crippen molar-refractivity contribution < 1.29 is 13.9 Å². The first kappa shape index (κ1) is 16.2. The summed E-state index contributed by atoms with van der Waals surface area (Å²) in [5.41, 5.74) is 1.76. The number of carbonyl (C=O) groups excluding carboxylic acids is 1. The predicted molar refractivity (Wildman–Crippen MR) is 86.9 cm³/mol. The molecule has 1 aliphatic heterocycles. The van der Waals surface area contributed by atoms with Gasteiger partial charge >= 0.3 is 6.09 Å². The van der Waals surface area contributed by atoms with Gasteiger partial charge in [-0.3, -0.25) is 4.90 Å². The highest BCUT2D eigenvalue weighted by atomic mass is 19.1. The summed E-state index contributed by atoms with van der Waals surface area (Å²) in [6.07, 6.45) is 3.95. The number of alkyl carbamates (subject to hydrolysis) is 1. The second-order valence-electron chi connectivity index (χ2n) is 6.84. The standard InChI is InChI=1S/C18H25FN2O2/c19-8-11-23-17(22)20-16-12-18(13-16)6-9-21(10-7-18)14-15-4-2-1-3-5-15/h1-5,16H,6-14H2,(H,20,22). The molecule has 0 unspecified atom stereocenters. The Morgan fingerprint density at radius 2 is 1.96 bits per heavy atom. The Bertz CT molecular complexity index is 507. The summed E-state index contributed by atoms with van der Waals surface area (Å²) in [4.78, 5) is 13.9. The van der Waals surface area contributed by atoms with E-state index in [4.69, 9.17) is 4.74 Å². The average Bonchev–Trinajstić information content (AvgIpc) is 2.54. The minimum absolute atomic E-state index is 0.155. The molecule has 1 aromatic carbocycles. The molecule has 23 heavy (non-hydrogen) atoms. The van der Waals surface area contributed by atoms with Crippen LogP contribution in [0.25, 0.3) is 0 Å². The van der Waals surface area contributed by atoms with Crippen LogP contribution in [-0.2, 0) is 11.3 Å². The van der Waals surface area contributed by atoms with Crippen molar-refractivity contribution in [3.8, 4) is 0 Å². The summed E-state index contributed by atoms with van der Waals surface area (Å²) in [6, 6.07) is 10.8. The van der Waals surface area contributed by atoms with Gasteiger partial charge in [0.15, 0.2) is 0 Å². The van der Waals surface area contributed by atoms with Crippen LogP contribution in [0, 0.1) is 5.41 Å². The van der Waals surface area contributed by atoms with Crippen LogP contribution < -0.4 is 5.32 Å². The molecule has 126 valence electrons. The first-order chi connectivity index (χ1) is 11.2. The van der Waals surface area contributed by atoms with Crippen LogP contribution in [-0.4, -0.2) is 43.4 Å². The van der Waals surface area contributed by atoms with E-state index in [-0.39, 0.29) is 12.6 Å². The molecule has 1 saturated heterocycles. The quantitative estimate of drug-likeness (QED) is 0.906. The molecule has 3 rings (SSSR count). The van der Waals surface area contributed by atoms with Crippen LogP contribution >= 0.6 is 0 Å². The van der Waals surface area contributed by atoms with Gasteiger partial charge in [0.05, 0.1) is 0 Å². The van der Waals surface area contributed by atoms with Gasteiger partial charge in [-0.1, -0.05) is 30.3 Å². The Morgan fingerprint density at radius 1 is 1.26 bits per heavy atom. The molecule has 2 aliphatic rings. The highest BCUT2D eigenvalue weighted by Crippen LogP contribution is 2.49. The monoisotopic (exact) mass is 320 g/mol. The fourth-order valence-electron chi connectivity index (χ4n) is 3.86. The number of alkyl halides is 1. The van der Waals surface area contributed by atoms with Crippen LogP contribution in [0.2, 0.25) is 0 Å². The Balaban J connectivity index is 1.38. The molecular weight excluding hydrogens is 295 g/mol. The van der Waals surface area contributed by atoms with Crippen molar-refractivity contribution in [2.24, 2.45) is 5.41 Å². The highest BCUT2D eigenvalue weighted by Gasteiger charge is 2.46. The number of amides is 1. The van der Waals surface area contributed by atoms with Crippen molar-refractivity contribution in [1.29, 1.82) is 0 Å². The van der Waals surface area contributed by atoms with Crippen LogP contribution in [0.1, 0.15) is 31.2 Å². The van der Waals surface area contributed by atoms with Crippen LogP contribution in [0.15, 0.2) is 30.3 Å². The molecule has 5 heteroatoms. The lowest BCUT2D eigenvalue weighted by Gasteiger charge is -2.52. The average molecular weight is 320 g/mol. The topological polar surface area (TPSA) is 41.6 Å². The molecule has 1 N–H and O–H groups in total. The van der Waals surface area contributed by atoms with Gasteiger partial charge in [-0.25, -0.2) is 9.18 Å². The van der Waals surface area contributed by atoms with Gasteiger partial charge in [0.1, 0.15) is 13.3 Å². The third-order valence-electron chi connectivity index (χ3n) is 5.16. The molecule has 0 bridgehead atoms. The van der Waals surface area contributed by atoms with E-state index in [0.29, 0.717) is 5.41 Å². The molecule has 1 aliphatic carbocycles. The summed E-state index contributed by atoms with van der Waals surface area (Å²) in [7, 11) is 0. The van der Waals surface area contributed by atoms with E-state index in [1.54, 1.807) is 0 Å². The lowest BCUT2D eigenvalue weighted by Crippen LogP contribution is -2.54. The predicted octanol–water partition coefficient (Wildman–Crippen LogP) is 3.13. The fourth-order valence-corrected chi connectivity index (χ4v) is 3.86. The zero-order chi connectivity index (χ0) is 16.1. The highest BCUT2D eigenvalue weighted by molar-refractivity contribution is 5.67. The molecule has 1 spiro atoms. The third-order valence-corrected chi connectivity index (χ3v) is 5.16. The molecule has 1 heterocycles. The maximum Gasteiger partial charge on any atom is 0.407 e. The van der Waals surface area contributed by atoms with E-state index < -0.39 is 12.8 Å². The van der Waals surface area contributed by atoms with Crippen LogP contribution in [0.4, 0.5) is 9.18 Å². The van der Waals surface area contributed by atoms with Crippen molar-refractivity contribution in [3.63, 3.8) is 0 Å². The number of piperidine rings is 1. The van der Waals surface area contributed by atoms with Crippen molar-refractivity contribution in [1.82, 2.24) is 10.2 Å². The Hall–Kier alpha value is -1.62. The molecule has 0 radical (unpaired) electrons. The van der Waals surface area contributed by atoms with Crippen molar-refractivity contribution in [2.75, 3.05) is 26.4 Å². The van der Waals surface area contributed by atoms with Gasteiger partial charge in [0.2, 0.25) is 0 Å². The summed E-state index contributed by atoms with van der Waals surface area (Å²) in [6.45, 7) is 2.48. The largest absolute Gasteiger partial charge is 0.447 e. The van der Waals surface area contributed by atoms with E-state index in [9.17, 15) is 9.18 Å². The normalized spacial score (nSPS) is 20.9. The molecule has 4 nitrogen and oxygen atoms in total. The third kappa shape index (κ3) is 4.22. The van der Waals surface area contributed by atoms with E-state index >= 15 is 0 Å². The van der Waals surface area contributed by atoms with E-state index in [0.717, 1.165) is 32.5 Å². The van der Waals surface area contributed by atoms with Crippen molar-refractivity contribution >= 4 is 6.09 Å². The van der Waals surface area contributed by atoms with Gasteiger partial charge in [-0.15, -0.1) is 0 Å². The number of rotatable bonds is 5. The number of halogens is 1. The van der Waals surface area contributed by atoms with Gasteiger partial charge in [0, 0.05) is 12.6 Å². The Labute approximate surface area is 137 Å². The maximum absolute atomic E-state index is 12.0. The summed E-state index contributed by atoms with van der Waals surface area (Å²) in [5, 5.41) is 2.83. The summed E-state index contributed by atoms with van der Waals surface area (Å²) >= 11 is 0. The number of likely N-dealkylation sites (tertiary alicyclic amines) is 1. The number of nitrogens with zero attached hydrogens (tertiary/aromatic N) is 1. The Morgan fingerprint density at radius 3 is 2.61 bits per heavy atom. The molecule has 1 aromatic rings. The first-order valence-corrected chi connectivity index (χ1v) is 8.45. The molecule has 0 atom stereocenters. The molecule has 2 fully saturated rings. The molecule has 0 aromatic heterocycles. The van der Waals surface area contributed by atoms with Crippen molar-refractivity contribution in [2.45, 2.75) is 38.3 Å². The minimum atomic E-state index is -0.626. The second kappa shape index (κ2) is 7.30. The Kier molecular flexibility index (Phi) is 5.16. The minimum Gasteiger partial charge on any atom is -0.447 e. The summed E-state index contributed by atoms with van der Waals surface area (Å²) in [5.74, 6) is 0. The van der Waals surface area contributed by atoms with Gasteiger partial charge < -0.3 is 10.1 Å². The van der Waals surface area contributed by atoms with Gasteiger partial charge in [0.25, 0.3) is 0 Å². The van der Waals surface area contributed by atoms with E-state index in [1.807, 2.05) is 0 Å². The van der Waals surface area contributed by atoms with Crippen LogP contribution in [0.3, 0.4) is 0 Å². The number of nitrogens with one attached hydrogen (secondary N) is 1. The molecular formula is C18H25FN2O2. The fraction of sp³-hybridized carbons (Fsp3) is 0.611. The number of carbonyl (C=O) groups is 1. The lowest BCUT2D eigenvalue weighted by molar-refractivity contribution is 0.00315. The SMILES string of the molecule is O=C(NC1CC2(CCN(Cc3ccccc3)CC2)C1)OCCF. The van der Waals surface area contributed by atoms with E-state index in [2.05, 4.69) is 40.5 Å². The number of hydrogen-bond donors (Lipinski definition) is 1. The van der Waals surface area contributed by atoms with E-state index in [1.165, 1.54) is 18.4 Å². The summed E-state index contributed by atoms with van der Waals surface area (Å²) < 4.78 is 16.7. The number of benzene rings is 1. The number of hydrogen-bond acceptors (Lipinski definition) is 3. The number of ether oxygens (including phenoxy) is 1. The zero-order valence-electron chi connectivity index (χ0n) is 13.5. The first-order valence-electron chi connectivity index (χ1n) is 8.45. The smallest absolute Gasteiger partial charge is 0.407 e. The van der Waals surface area contributed by atoms with Gasteiger partial charge in [-0.2, -0.15) is 0 Å². The maximum atomic E-state index is 12.0.